The van der Waals surface area contributed by atoms with Gasteiger partial charge < -0.3 is 5.32 Å². The van der Waals surface area contributed by atoms with Crippen molar-refractivity contribution in [3.05, 3.63) is 57.3 Å². The number of hydrogen-bond donors (Lipinski definition) is 2. The molecule has 0 heterocycles. The number of nitrogens with two attached hydrogens (primary N) is 1. The highest BCUT2D eigenvalue weighted by Gasteiger charge is 2.11. The highest BCUT2D eigenvalue weighted by Crippen LogP contribution is 2.26. The van der Waals surface area contributed by atoms with Crippen LogP contribution in [0.5, 0.6) is 0 Å². The number of primary sulfonamides is 1. The molecular weight excluding hydrogens is 383 g/mol. The van der Waals surface area contributed by atoms with Crippen LogP contribution in [0.1, 0.15) is 5.56 Å². The fraction of sp³-hybridized carbons (Fsp3) is 0.0769. The van der Waals surface area contributed by atoms with Crippen molar-refractivity contribution in [1.82, 2.24) is 0 Å². The zero-order valence-corrected chi connectivity index (χ0v) is 13.8. The van der Waals surface area contributed by atoms with Crippen LogP contribution in [0.2, 0.25) is 5.02 Å². The second-order valence-corrected chi connectivity index (χ2v) is 7.11. The number of rotatable bonds is 4. The maximum atomic E-state index is 13.1. The van der Waals surface area contributed by atoms with E-state index < -0.39 is 10.0 Å². The van der Waals surface area contributed by atoms with Crippen molar-refractivity contribution in [2.75, 3.05) is 5.32 Å². The van der Waals surface area contributed by atoms with Gasteiger partial charge in [-0.1, -0.05) is 17.7 Å². The van der Waals surface area contributed by atoms with Crippen LogP contribution in [0, 0.1) is 5.82 Å². The second kappa shape index (κ2) is 6.31. The van der Waals surface area contributed by atoms with E-state index in [2.05, 4.69) is 21.2 Å². The Morgan fingerprint density at radius 1 is 1.24 bits per heavy atom. The first-order valence-corrected chi connectivity index (χ1v) is 8.49. The van der Waals surface area contributed by atoms with Gasteiger partial charge in [-0.15, -0.1) is 0 Å². The molecule has 0 aliphatic heterocycles. The van der Waals surface area contributed by atoms with Gasteiger partial charge in [0.05, 0.1) is 20.1 Å². The normalized spacial score (nSPS) is 11.4. The molecule has 0 amide bonds. The molecule has 0 radical (unpaired) electrons. The van der Waals surface area contributed by atoms with Crippen molar-refractivity contribution in [3.8, 4) is 0 Å². The molecule has 0 aliphatic carbocycles. The molecule has 0 bridgehead atoms. The summed E-state index contributed by atoms with van der Waals surface area (Å²) in [6.45, 7) is 0.354. The Bertz CT molecular complexity index is 784. The van der Waals surface area contributed by atoms with Crippen LogP contribution >= 0.6 is 27.5 Å². The van der Waals surface area contributed by atoms with Crippen LogP contribution in [0.3, 0.4) is 0 Å². The first-order valence-electron chi connectivity index (χ1n) is 5.77. The zero-order chi connectivity index (χ0) is 15.6. The summed E-state index contributed by atoms with van der Waals surface area (Å²) in [4.78, 5) is -0.0327. The lowest BCUT2D eigenvalue weighted by Crippen LogP contribution is -2.12. The van der Waals surface area contributed by atoms with Gasteiger partial charge in [-0.05, 0) is 51.8 Å². The van der Waals surface area contributed by atoms with Gasteiger partial charge in [0.1, 0.15) is 5.82 Å². The second-order valence-electron chi connectivity index (χ2n) is 4.29. The summed E-state index contributed by atoms with van der Waals surface area (Å²) in [7, 11) is -3.79. The molecule has 0 aliphatic rings. The van der Waals surface area contributed by atoms with Gasteiger partial charge in [-0.3, -0.25) is 0 Å². The predicted octanol–water partition coefficient (Wildman–Crippen LogP) is 3.50. The van der Waals surface area contributed by atoms with E-state index in [-0.39, 0.29) is 10.7 Å². The van der Waals surface area contributed by atoms with Crippen LogP contribution in [-0.4, -0.2) is 8.42 Å². The minimum atomic E-state index is -3.79. The minimum absolute atomic E-state index is 0.0327. The monoisotopic (exact) mass is 392 g/mol. The summed E-state index contributed by atoms with van der Waals surface area (Å²) >= 11 is 9.10. The van der Waals surface area contributed by atoms with E-state index in [1.54, 1.807) is 12.1 Å². The summed E-state index contributed by atoms with van der Waals surface area (Å²) < 4.78 is 36.1. The van der Waals surface area contributed by atoms with Crippen molar-refractivity contribution >= 4 is 43.2 Å². The molecule has 8 heteroatoms. The summed E-state index contributed by atoms with van der Waals surface area (Å²) in [5, 5.41) is 8.43. The number of benzene rings is 2. The molecule has 0 spiro atoms. The Kier molecular flexibility index (Phi) is 4.88. The lowest BCUT2D eigenvalue weighted by atomic mass is 10.2. The number of sulfonamides is 1. The lowest BCUT2D eigenvalue weighted by molar-refractivity contribution is 0.598. The van der Waals surface area contributed by atoms with Gasteiger partial charge in [0.2, 0.25) is 10.0 Å². The number of nitrogens with one attached hydrogen (secondary N) is 1. The Morgan fingerprint density at radius 3 is 2.57 bits per heavy atom. The van der Waals surface area contributed by atoms with Crippen molar-refractivity contribution in [1.29, 1.82) is 0 Å². The third-order valence-electron chi connectivity index (χ3n) is 2.73. The molecule has 21 heavy (non-hydrogen) atoms. The summed E-state index contributed by atoms with van der Waals surface area (Å²) in [6, 6.07) is 8.71. The molecular formula is C13H11BrClFN2O2S. The molecule has 2 aromatic rings. The van der Waals surface area contributed by atoms with Crippen molar-refractivity contribution in [2.45, 2.75) is 11.4 Å². The average molecular weight is 394 g/mol. The van der Waals surface area contributed by atoms with Crippen LogP contribution in [0.25, 0.3) is 0 Å². The summed E-state index contributed by atoms with van der Waals surface area (Å²) in [5.41, 5.74) is 1.24. The third kappa shape index (κ3) is 4.16. The predicted molar refractivity (Wildman–Crippen MR) is 84.3 cm³/mol. The smallest absolute Gasteiger partial charge is 0.238 e. The van der Waals surface area contributed by atoms with E-state index >= 15 is 0 Å². The topological polar surface area (TPSA) is 72.2 Å². The van der Waals surface area contributed by atoms with E-state index in [1.807, 2.05) is 0 Å². The fourth-order valence-electron chi connectivity index (χ4n) is 1.66. The molecule has 0 saturated carbocycles. The van der Waals surface area contributed by atoms with Crippen molar-refractivity contribution in [2.24, 2.45) is 5.14 Å². The van der Waals surface area contributed by atoms with Gasteiger partial charge in [0.25, 0.3) is 0 Å². The maximum Gasteiger partial charge on any atom is 0.238 e. The van der Waals surface area contributed by atoms with Gasteiger partial charge in [-0.25, -0.2) is 17.9 Å². The molecule has 2 rings (SSSR count). The highest BCUT2D eigenvalue weighted by atomic mass is 79.9. The van der Waals surface area contributed by atoms with Gasteiger partial charge in [-0.2, -0.15) is 0 Å². The Labute approximate surface area is 135 Å². The Balaban J connectivity index is 2.21. The molecule has 2 aromatic carbocycles. The van der Waals surface area contributed by atoms with E-state index in [0.717, 1.165) is 5.56 Å². The quantitative estimate of drug-likeness (QED) is 0.835. The molecule has 3 N–H and O–H groups in total. The molecule has 0 aromatic heterocycles. The lowest BCUT2D eigenvalue weighted by Gasteiger charge is -2.10. The Hall–Kier alpha value is -1.15. The number of anilines is 1. The molecule has 0 saturated heterocycles. The van der Waals surface area contributed by atoms with Crippen molar-refractivity contribution < 1.29 is 12.8 Å². The third-order valence-corrected chi connectivity index (χ3v) is 4.58. The molecule has 0 unspecified atom stereocenters. The molecule has 0 atom stereocenters. The summed E-state index contributed by atoms with van der Waals surface area (Å²) in [6.07, 6.45) is 0. The zero-order valence-electron chi connectivity index (χ0n) is 10.6. The number of hydrogen-bond acceptors (Lipinski definition) is 3. The molecule has 0 fully saturated rings. The number of halogens is 3. The van der Waals surface area contributed by atoms with Gasteiger partial charge >= 0.3 is 0 Å². The minimum Gasteiger partial charge on any atom is -0.380 e. The van der Waals surface area contributed by atoms with Crippen LogP contribution in [0.15, 0.2) is 45.8 Å². The first-order chi connectivity index (χ1) is 9.77. The van der Waals surface area contributed by atoms with E-state index in [0.29, 0.717) is 21.7 Å². The van der Waals surface area contributed by atoms with E-state index in [4.69, 9.17) is 16.7 Å². The average Bonchev–Trinajstić information content (AvgIpc) is 2.40. The van der Waals surface area contributed by atoms with Crippen LogP contribution < -0.4 is 10.5 Å². The van der Waals surface area contributed by atoms with Gasteiger partial charge in [0, 0.05) is 6.54 Å². The van der Waals surface area contributed by atoms with E-state index in [1.165, 1.54) is 24.3 Å². The van der Waals surface area contributed by atoms with Crippen LogP contribution in [-0.2, 0) is 16.6 Å². The summed E-state index contributed by atoms with van der Waals surface area (Å²) in [5.74, 6) is -0.354. The Morgan fingerprint density at radius 2 is 1.95 bits per heavy atom. The van der Waals surface area contributed by atoms with E-state index in [9.17, 15) is 12.8 Å². The SMILES string of the molecule is NS(=O)(=O)c1ccc(Cl)c(NCc2ccc(F)c(Br)c2)c1. The highest BCUT2D eigenvalue weighted by molar-refractivity contribution is 9.10. The maximum absolute atomic E-state index is 13.1. The first kappa shape index (κ1) is 16.2. The van der Waals surface area contributed by atoms with Crippen molar-refractivity contribution in [3.63, 3.8) is 0 Å². The fourth-order valence-corrected chi connectivity index (χ4v) is 2.81. The molecule has 112 valence electrons. The van der Waals surface area contributed by atoms with Crippen LogP contribution in [0.4, 0.5) is 10.1 Å². The van der Waals surface area contributed by atoms with Gasteiger partial charge in [0.15, 0.2) is 0 Å². The largest absolute Gasteiger partial charge is 0.380 e. The standard InChI is InChI=1S/C13H11BrClFN2O2S/c14-10-5-8(1-4-12(10)16)7-18-13-6-9(21(17,19)20)2-3-11(13)15/h1-6,18H,7H2,(H2,17,19,20). The molecule has 4 nitrogen and oxygen atoms in total.